The first-order valence-corrected chi connectivity index (χ1v) is 6.12. The number of benzene rings is 1. The van der Waals surface area contributed by atoms with Gasteiger partial charge in [0.1, 0.15) is 11.3 Å². The molecule has 86 valence electrons. The van der Waals surface area contributed by atoms with E-state index in [4.69, 9.17) is 10.2 Å². The minimum absolute atomic E-state index is 0.190. The zero-order valence-corrected chi connectivity index (χ0v) is 10.8. The highest BCUT2D eigenvalue weighted by Gasteiger charge is 2.10. The predicted octanol–water partition coefficient (Wildman–Crippen LogP) is 2.80. The van der Waals surface area contributed by atoms with Gasteiger partial charge in [0.25, 0.3) is 0 Å². The Labute approximate surface area is 103 Å². The SMILES string of the molecule is CC(NCCN)c1cc2cc(Br)ccc2o1. The molecule has 1 unspecified atom stereocenters. The summed E-state index contributed by atoms with van der Waals surface area (Å²) in [6.45, 7) is 3.50. The second-order valence-electron chi connectivity index (χ2n) is 3.80. The first-order valence-electron chi connectivity index (χ1n) is 5.33. The van der Waals surface area contributed by atoms with Crippen LogP contribution in [-0.4, -0.2) is 13.1 Å². The summed E-state index contributed by atoms with van der Waals surface area (Å²) >= 11 is 3.45. The molecule has 1 aromatic heterocycles. The molecule has 2 rings (SSSR count). The van der Waals surface area contributed by atoms with E-state index in [1.807, 2.05) is 12.1 Å². The van der Waals surface area contributed by atoms with Crippen LogP contribution in [-0.2, 0) is 0 Å². The maximum Gasteiger partial charge on any atom is 0.134 e. The van der Waals surface area contributed by atoms with Gasteiger partial charge in [-0.15, -0.1) is 0 Å². The molecule has 3 N–H and O–H groups in total. The second-order valence-corrected chi connectivity index (χ2v) is 4.71. The topological polar surface area (TPSA) is 51.2 Å². The van der Waals surface area contributed by atoms with Crippen LogP contribution < -0.4 is 11.1 Å². The van der Waals surface area contributed by atoms with Crippen molar-refractivity contribution in [1.29, 1.82) is 0 Å². The summed E-state index contributed by atoms with van der Waals surface area (Å²) in [5, 5.41) is 4.41. The molecule has 0 radical (unpaired) electrons. The molecular formula is C12H15BrN2O. The van der Waals surface area contributed by atoms with Crippen molar-refractivity contribution in [2.24, 2.45) is 5.73 Å². The highest BCUT2D eigenvalue weighted by molar-refractivity contribution is 9.10. The third-order valence-electron chi connectivity index (χ3n) is 2.52. The number of rotatable bonds is 4. The molecule has 0 amide bonds. The Morgan fingerprint density at radius 3 is 3.00 bits per heavy atom. The van der Waals surface area contributed by atoms with Gasteiger partial charge >= 0.3 is 0 Å². The molecule has 0 aliphatic carbocycles. The van der Waals surface area contributed by atoms with Crippen LogP contribution in [0.15, 0.2) is 33.2 Å². The third kappa shape index (κ3) is 2.45. The highest BCUT2D eigenvalue weighted by atomic mass is 79.9. The van der Waals surface area contributed by atoms with E-state index in [0.29, 0.717) is 6.54 Å². The highest BCUT2D eigenvalue weighted by Crippen LogP contribution is 2.26. The number of halogens is 1. The third-order valence-corrected chi connectivity index (χ3v) is 3.01. The van der Waals surface area contributed by atoms with E-state index in [0.717, 1.165) is 27.7 Å². The van der Waals surface area contributed by atoms with E-state index in [1.54, 1.807) is 0 Å². The average molecular weight is 283 g/mol. The molecule has 0 aliphatic heterocycles. The van der Waals surface area contributed by atoms with E-state index in [9.17, 15) is 0 Å². The van der Waals surface area contributed by atoms with Gasteiger partial charge in [-0.05, 0) is 31.2 Å². The van der Waals surface area contributed by atoms with Crippen LogP contribution in [0, 0.1) is 0 Å². The predicted molar refractivity (Wildman–Crippen MR) is 69.4 cm³/mol. The zero-order valence-electron chi connectivity index (χ0n) is 9.16. The Kier molecular flexibility index (Phi) is 3.63. The molecule has 0 aliphatic rings. The maximum atomic E-state index is 5.76. The first-order chi connectivity index (χ1) is 7.70. The molecule has 4 heteroatoms. The van der Waals surface area contributed by atoms with Crippen LogP contribution in [0.3, 0.4) is 0 Å². The Balaban J connectivity index is 2.25. The quantitative estimate of drug-likeness (QED) is 0.907. The van der Waals surface area contributed by atoms with Gasteiger partial charge in [0, 0.05) is 22.9 Å². The number of hydrogen-bond donors (Lipinski definition) is 2. The molecular weight excluding hydrogens is 268 g/mol. The fraction of sp³-hybridized carbons (Fsp3) is 0.333. The van der Waals surface area contributed by atoms with Crippen LogP contribution >= 0.6 is 15.9 Å². The molecule has 1 heterocycles. The second kappa shape index (κ2) is 4.99. The lowest BCUT2D eigenvalue weighted by atomic mass is 10.2. The zero-order chi connectivity index (χ0) is 11.5. The number of nitrogens with one attached hydrogen (secondary N) is 1. The Bertz CT molecular complexity index is 481. The molecule has 16 heavy (non-hydrogen) atoms. The molecule has 1 aromatic carbocycles. The van der Waals surface area contributed by atoms with Crippen molar-refractivity contribution in [3.63, 3.8) is 0 Å². The van der Waals surface area contributed by atoms with Gasteiger partial charge in [0.15, 0.2) is 0 Å². The van der Waals surface area contributed by atoms with E-state index in [2.05, 4.69) is 40.3 Å². The standard InChI is InChI=1S/C12H15BrN2O/c1-8(15-5-4-14)12-7-9-6-10(13)2-3-11(9)16-12/h2-3,6-8,15H,4-5,14H2,1H3. The Morgan fingerprint density at radius 1 is 1.44 bits per heavy atom. The van der Waals surface area contributed by atoms with Gasteiger partial charge in [-0.3, -0.25) is 0 Å². The molecule has 0 fully saturated rings. The van der Waals surface area contributed by atoms with Crippen molar-refractivity contribution < 1.29 is 4.42 Å². The van der Waals surface area contributed by atoms with Crippen LogP contribution in [0.25, 0.3) is 11.0 Å². The van der Waals surface area contributed by atoms with E-state index in [1.165, 1.54) is 0 Å². The van der Waals surface area contributed by atoms with Crippen LogP contribution in [0.1, 0.15) is 18.7 Å². The van der Waals surface area contributed by atoms with Gasteiger partial charge in [-0.25, -0.2) is 0 Å². The minimum Gasteiger partial charge on any atom is -0.459 e. The first kappa shape index (κ1) is 11.6. The van der Waals surface area contributed by atoms with E-state index < -0.39 is 0 Å². The van der Waals surface area contributed by atoms with Gasteiger partial charge in [-0.2, -0.15) is 0 Å². The summed E-state index contributed by atoms with van der Waals surface area (Å²) < 4.78 is 6.82. The summed E-state index contributed by atoms with van der Waals surface area (Å²) in [5.74, 6) is 0.946. The summed E-state index contributed by atoms with van der Waals surface area (Å²) in [6.07, 6.45) is 0. The summed E-state index contributed by atoms with van der Waals surface area (Å²) in [7, 11) is 0. The Morgan fingerprint density at radius 2 is 2.25 bits per heavy atom. The summed E-state index contributed by atoms with van der Waals surface area (Å²) in [5.41, 5.74) is 6.37. The largest absolute Gasteiger partial charge is 0.459 e. The number of nitrogens with two attached hydrogens (primary N) is 1. The van der Waals surface area contributed by atoms with E-state index >= 15 is 0 Å². The lowest BCUT2D eigenvalue weighted by molar-refractivity contribution is 0.455. The van der Waals surface area contributed by atoms with Crippen LogP contribution in [0.5, 0.6) is 0 Å². The van der Waals surface area contributed by atoms with Gasteiger partial charge in [-0.1, -0.05) is 15.9 Å². The smallest absolute Gasteiger partial charge is 0.134 e. The molecule has 0 saturated heterocycles. The minimum atomic E-state index is 0.190. The van der Waals surface area contributed by atoms with Gasteiger partial charge in [0.2, 0.25) is 0 Å². The molecule has 3 nitrogen and oxygen atoms in total. The lowest BCUT2D eigenvalue weighted by Gasteiger charge is -2.09. The fourth-order valence-corrected chi connectivity index (χ4v) is 2.03. The van der Waals surface area contributed by atoms with Crippen molar-refractivity contribution in [2.45, 2.75) is 13.0 Å². The summed E-state index contributed by atoms with van der Waals surface area (Å²) in [4.78, 5) is 0. The van der Waals surface area contributed by atoms with Crippen molar-refractivity contribution in [2.75, 3.05) is 13.1 Å². The number of fused-ring (bicyclic) bond motifs is 1. The molecule has 0 bridgehead atoms. The van der Waals surface area contributed by atoms with Crippen LogP contribution in [0.2, 0.25) is 0 Å². The van der Waals surface area contributed by atoms with Crippen molar-refractivity contribution in [3.05, 3.63) is 34.5 Å². The Hall–Kier alpha value is -0.840. The van der Waals surface area contributed by atoms with Crippen molar-refractivity contribution in [1.82, 2.24) is 5.32 Å². The number of furan rings is 1. The average Bonchev–Trinajstić information content (AvgIpc) is 2.68. The van der Waals surface area contributed by atoms with E-state index in [-0.39, 0.29) is 6.04 Å². The molecule has 2 aromatic rings. The number of hydrogen-bond acceptors (Lipinski definition) is 3. The summed E-state index contributed by atoms with van der Waals surface area (Å²) in [6, 6.07) is 8.26. The van der Waals surface area contributed by atoms with Gasteiger partial charge in [0.05, 0.1) is 6.04 Å². The molecule has 0 saturated carbocycles. The molecule has 1 atom stereocenters. The molecule has 0 spiro atoms. The van der Waals surface area contributed by atoms with Crippen molar-refractivity contribution >= 4 is 26.9 Å². The normalized spacial score (nSPS) is 13.2. The monoisotopic (exact) mass is 282 g/mol. The van der Waals surface area contributed by atoms with Crippen LogP contribution in [0.4, 0.5) is 0 Å². The lowest BCUT2D eigenvalue weighted by Crippen LogP contribution is -2.25. The fourth-order valence-electron chi connectivity index (χ4n) is 1.65. The maximum absolute atomic E-state index is 5.76. The van der Waals surface area contributed by atoms with Crippen molar-refractivity contribution in [3.8, 4) is 0 Å². The van der Waals surface area contributed by atoms with Gasteiger partial charge < -0.3 is 15.5 Å².